The molecule has 290 valence electrons. The summed E-state index contributed by atoms with van der Waals surface area (Å²) in [5.41, 5.74) is 14.5. The smallest absolute Gasteiger partial charge is 0.136 e. The molecular formula is C60H39NO. The molecule has 1 aromatic heterocycles. The van der Waals surface area contributed by atoms with E-state index in [1.54, 1.807) is 0 Å². The molecule has 12 rings (SSSR count). The van der Waals surface area contributed by atoms with Crippen molar-refractivity contribution in [3.05, 3.63) is 237 Å². The lowest BCUT2D eigenvalue weighted by atomic mass is 9.93. The fraction of sp³-hybridized carbons (Fsp3) is 0. The van der Waals surface area contributed by atoms with E-state index in [0.717, 1.165) is 55.7 Å². The van der Waals surface area contributed by atoms with Crippen LogP contribution in [0.2, 0.25) is 0 Å². The van der Waals surface area contributed by atoms with Crippen molar-refractivity contribution in [2.24, 2.45) is 0 Å². The summed E-state index contributed by atoms with van der Waals surface area (Å²) in [6.07, 6.45) is 0. The fourth-order valence-corrected chi connectivity index (χ4v) is 9.48. The second-order valence-electron chi connectivity index (χ2n) is 16.0. The predicted molar refractivity (Wildman–Crippen MR) is 263 cm³/mol. The molecule has 0 aliphatic heterocycles. The van der Waals surface area contributed by atoms with Gasteiger partial charge in [-0.25, -0.2) is 0 Å². The number of anilines is 3. The van der Waals surface area contributed by atoms with Gasteiger partial charge in [0.2, 0.25) is 0 Å². The van der Waals surface area contributed by atoms with Crippen LogP contribution in [-0.2, 0) is 0 Å². The zero-order chi connectivity index (χ0) is 41.0. The number of hydrogen-bond acceptors (Lipinski definition) is 2. The van der Waals surface area contributed by atoms with Gasteiger partial charge in [-0.15, -0.1) is 0 Å². The van der Waals surface area contributed by atoms with E-state index in [9.17, 15) is 0 Å². The third-order valence-electron chi connectivity index (χ3n) is 12.5. The van der Waals surface area contributed by atoms with Crippen LogP contribution in [0.5, 0.6) is 0 Å². The first-order chi connectivity index (χ1) is 30.7. The van der Waals surface area contributed by atoms with E-state index >= 15 is 0 Å². The number of hydrogen-bond donors (Lipinski definition) is 0. The molecule has 2 nitrogen and oxygen atoms in total. The Bertz CT molecular complexity index is 3610. The van der Waals surface area contributed by atoms with E-state index < -0.39 is 0 Å². The number of para-hydroxylation sites is 1. The molecule has 0 aliphatic carbocycles. The van der Waals surface area contributed by atoms with Crippen molar-refractivity contribution in [1.29, 1.82) is 0 Å². The SMILES string of the molecule is c1cc(-c2ccc(-c3cccc4c3ccc3ccccc34)cc2)cc(N(c2ccc(-c3cccc4ccccc34)cc2)c2ccc(-c3cccc4oc5ccccc5c34)cc2)c1. The molecule has 0 aliphatic rings. The van der Waals surface area contributed by atoms with Crippen LogP contribution in [-0.4, -0.2) is 0 Å². The molecule has 0 atom stereocenters. The van der Waals surface area contributed by atoms with Gasteiger partial charge in [0.15, 0.2) is 0 Å². The Balaban J connectivity index is 0.934. The van der Waals surface area contributed by atoms with Gasteiger partial charge in [-0.2, -0.15) is 0 Å². The predicted octanol–water partition coefficient (Wildman–Crippen LogP) is 17.2. The Labute approximate surface area is 360 Å². The highest BCUT2D eigenvalue weighted by molar-refractivity contribution is 6.13. The van der Waals surface area contributed by atoms with Crippen LogP contribution in [0.3, 0.4) is 0 Å². The molecule has 0 unspecified atom stereocenters. The minimum absolute atomic E-state index is 0.899. The average Bonchev–Trinajstić information content (AvgIpc) is 3.73. The molecule has 0 bridgehead atoms. The van der Waals surface area contributed by atoms with Crippen LogP contribution in [0.15, 0.2) is 241 Å². The van der Waals surface area contributed by atoms with Crippen molar-refractivity contribution in [3.8, 4) is 44.5 Å². The summed E-state index contributed by atoms with van der Waals surface area (Å²) in [5.74, 6) is 0. The lowest BCUT2D eigenvalue weighted by Crippen LogP contribution is -2.10. The fourth-order valence-electron chi connectivity index (χ4n) is 9.48. The number of rotatable bonds is 7. The lowest BCUT2D eigenvalue weighted by Gasteiger charge is -2.26. The molecule has 1 heterocycles. The van der Waals surface area contributed by atoms with Crippen LogP contribution >= 0.6 is 0 Å². The van der Waals surface area contributed by atoms with Crippen LogP contribution in [0.25, 0.3) is 98.8 Å². The molecule has 0 fully saturated rings. The summed E-state index contributed by atoms with van der Waals surface area (Å²) in [5, 5.41) is 9.86. The Morgan fingerprint density at radius 2 is 0.758 bits per heavy atom. The first-order valence-corrected chi connectivity index (χ1v) is 21.2. The maximum Gasteiger partial charge on any atom is 0.136 e. The van der Waals surface area contributed by atoms with Crippen molar-refractivity contribution in [2.45, 2.75) is 0 Å². The number of nitrogens with zero attached hydrogens (tertiary/aromatic N) is 1. The van der Waals surface area contributed by atoms with Crippen molar-refractivity contribution < 1.29 is 4.42 Å². The summed E-state index contributed by atoms with van der Waals surface area (Å²) >= 11 is 0. The molecule has 11 aromatic carbocycles. The monoisotopic (exact) mass is 789 g/mol. The van der Waals surface area contributed by atoms with Crippen LogP contribution in [0, 0.1) is 0 Å². The van der Waals surface area contributed by atoms with Gasteiger partial charge in [-0.1, -0.05) is 188 Å². The molecule has 2 heteroatoms. The molecule has 12 aromatic rings. The minimum Gasteiger partial charge on any atom is -0.456 e. The summed E-state index contributed by atoms with van der Waals surface area (Å²) < 4.78 is 6.26. The van der Waals surface area contributed by atoms with Gasteiger partial charge in [0.25, 0.3) is 0 Å². The maximum absolute atomic E-state index is 6.26. The molecule has 0 saturated carbocycles. The van der Waals surface area contributed by atoms with Gasteiger partial charge < -0.3 is 9.32 Å². The van der Waals surface area contributed by atoms with Crippen LogP contribution in [0.1, 0.15) is 0 Å². The zero-order valence-corrected chi connectivity index (χ0v) is 33.9. The third kappa shape index (κ3) is 6.12. The summed E-state index contributed by atoms with van der Waals surface area (Å²) in [6.45, 7) is 0. The van der Waals surface area contributed by atoms with Crippen molar-refractivity contribution in [3.63, 3.8) is 0 Å². The largest absolute Gasteiger partial charge is 0.456 e. The van der Waals surface area contributed by atoms with Crippen molar-refractivity contribution in [2.75, 3.05) is 4.90 Å². The van der Waals surface area contributed by atoms with Gasteiger partial charge in [0.05, 0.1) is 0 Å². The summed E-state index contributed by atoms with van der Waals surface area (Å²) in [7, 11) is 0. The minimum atomic E-state index is 0.899. The van der Waals surface area contributed by atoms with E-state index in [4.69, 9.17) is 4.42 Å². The summed E-state index contributed by atoms with van der Waals surface area (Å²) in [6, 6.07) is 85.5. The van der Waals surface area contributed by atoms with Gasteiger partial charge in [-0.3, -0.25) is 0 Å². The maximum atomic E-state index is 6.26. The quantitative estimate of drug-likeness (QED) is 0.150. The van der Waals surface area contributed by atoms with Crippen molar-refractivity contribution >= 4 is 71.3 Å². The van der Waals surface area contributed by atoms with Gasteiger partial charge in [0.1, 0.15) is 11.2 Å². The lowest BCUT2D eigenvalue weighted by molar-refractivity contribution is 0.669. The topological polar surface area (TPSA) is 16.4 Å². The van der Waals surface area contributed by atoms with Crippen LogP contribution in [0.4, 0.5) is 17.1 Å². The Kier molecular flexibility index (Phi) is 8.53. The normalized spacial score (nSPS) is 11.5. The van der Waals surface area contributed by atoms with E-state index in [1.807, 2.05) is 12.1 Å². The Morgan fingerprint density at radius 3 is 1.52 bits per heavy atom. The second-order valence-corrected chi connectivity index (χ2v) is 16.0. The molecule has 0 spiro atoms. The zero-order valence-electron chi connectivity index (χ0n) is 33.9. The average molecular weight is 790 g/mol. The van der Waals surface area contributed by atoms with Gasteiger partial charge in [0, 0.05) is 27.8 Å². The Morgan fingerprint density at radius 1 is 0.258 bits per heavy atom. The van der Waals surface area contributed by atoms with E-state index in [2.05, 4.69) is 229 Å². The molecule has 0 radical (unpaired) electrons. The molecule has 62 heavy (non-hydrogen) atoms. The number of furan rings is 1. The Hall–Kier alpha value is -8.20. The molecule has 0 N–H and O–H groups in total. The van der Waals surface area contributed by atoms with E-state index in [0.29, 0.717) is 0 Å². The number of fused-ring (bicyclic) bond motifs is 7. The highest BCUT2D eigenvalue weighted by atomic mass is 16.3. The highest BCUT2D eigenvalue weighted by Gasteiger charge is 2.17. The van der Waals surface area contributed by atoms with Gasteiger partial charge >= 0.3 is 0 Å². The van der Waals surface area contributed by atoms with E-state index in [1.165, 1.54) is 60.1 Å². The van der Waals surface area contributed by atoms with Gasteiger partial charge in [-0.05, 0) is 125 Å². The first-order valence-electron chi connectivity index (χ1n) is 21.2. The number of benzene rings is 11. The highest BCUT2D eigenvalue weighted by Crippen LogP contribution is 2.42. The van der Waals surface area contributed by atoms with E-state index in [-0.39, 0.29) is 0 Å². The third-order valence-corrected chi connectivity index (χ3v) is 12.5. The molecule has 0 amide bonds. The molecular weight excluding hydrogens is 751 g/mol. The standard InChI is InChI=1S/C60H39NO/c1-3-16-50-41(11-1)13-8-19-51(50)44-29-34-47(35-30-44)61(48-36-31-45(32-37-48)54-21-10-24-59-60(54)57-18-5-6-23-58(57)62-59)49-15-7-14-46(39-49)40-25-27-43(28-26-40)53-20-9-22-55-52-17-4-2-12-42(52)33-38-56(53)55/h1-39H. The molecule has 0 saturated heterocycles. The van der Waals surface area contributed by atoms with Crippen molar-refractivity contribution in [1.82, 2.24) is 0 Å². The second kappa shape index (κ2) is 14.8. The summed E-state index contributed by atoms with van der Waals surface area (Å²) in [4.78, 5) is 2.36. The van der Waals surface area contributed by atoms with Crippen LogP contribution < -0.4 is 4.90 Å². The first kappa shape index (κ1) is 35.7.